The van der Waals surface area contributed by atoms with Crippen LogP contribution in [0.1, 0.15) is 97.1 Å². The second-order valence-electron chi connectivity index (χ2n) is 11.2. The molecule has 0 saturated carbocycles. The lowest BCUT2D eigenvalue weighted by molar-refractivity contribution is -0.151. The third-order valence-corrected chi connectivity index (χ3v) is 5.50. The van der Waals surface area contributed by atoms with Crippen molar-refractivity contribution in [3.05, 3.63) is 28.2 Å². The molecule has 0 unspecified atom stereocenters. The number of thiazole rings is 1. The molecule has 0 spiro atoms. The van der Waals surface area contributed by atoms with Crippen molar-refractivity contribution in [1.82, 2.24) is 15.6 Å². The first kappa shape index (κ1) is 33.1. The Morgan fingerprint density at radius 2 is 1.68 bits per heavy atom. The van der Waals surface area contributed by atoms with Crippen LogP contribution < -0.4 is 10.6 Å². The number of hydrogen-bond donors (Lipinski definition) is 2. The summed E-state index contributed by atoms with van der Waals surface area (Å²) in [5.41, 5.74) is -1.17. The maximum absolute atomic E-state index is 12.9. The number of rotatable bonds is 12. The van der Waals surface area contributed by atoms with E-state index in [0.717, 1.165) is 12.8 Å². The highest BCUT2D eigenvalue weighted by molar-refractivity contribution is 7.09. The zero-order valence-electron chi connectivity index (χ0n) is 24.0. The van der Waals surface area contributed by atoms with Crippen LogP contribution in [-0.2, 0) is 30.3 Å². The third kappa shape index (κ3) is 13.6. The molecule has 38 heavy (non-hydrogen) atoms. The number of aromatic nitrogens is 1. The molecule has 2 amide bonds. The third-order valence-electron chi connectivity index (χ3n) is 4.65. The molecule has 0 radical (unpaired) electrons. The Morgan fingerprint density at radius 3 is 2.24 bits per heavy atom. The number of unbranched alkanes of at least 4 members (excludes halogenated alkanes) is 1. The second kappa shape index (κ2) is 14.8. The summed E-state index contributed by atoms with van der Waals surface area (Å²) in [5, 5.41) is 7.43. The zero-order chi connectivity index (χ0) is 29.1. The molecule has 0 saturated heterocycles. The summed E-state index contributed by atoms with van der Waals surface area (Å²) in [6.07, 6.45) is 3.50. The number of ether oxygens (including phenoxy) is 3. The van der Waals surface area contributed by atoms with E-state index in [0.29, 0.717) is 5.01 Å². The van der Waals surface area contributed by atoms with E-state index >= 15 is 0 Å². The van der Waals surface area contributed by atoms with Gasteiger partial charge in [-0.3, -0.25) is 4.79 Å². The van der Waals surface area contributed by atoms with Crippen LogP contribution in [0.25, 0.3) is 0 Å². The molecule has 0 aromatic carbocycles. The summed E-state index contributed by atoms with van der Waals surface area (Å²) in [4.78, 5) is 54.2. The van der Waals surface area contributed by atoms with E-state index in [-0.39, 0.29) is 30.5 Å². The Bertz CT molecular complexity index is 974. The van der Waals surface area contributed by atoms with Gasteiger partial charge in [0, 0.05) is 5.38 Å². The highest BCUT2D eigenvalue weighted by atomic mass is 32.1. The molecule has 1 aromatic rings. The molecule has 1 aromatic heterocycles. The maximum atomic E-state index is 12.9. The van der Waals surface area contributed by atoms with E-state index in [9.17, 15) is 19.2 Å². The van der Waals surface area contributed by atoms with E-state index < -0.39 is 41.4 Å². The van der Waals surface area contributed by atoms with Crippen molar-refractivity contribution in [1.29, 1.82) is 0 Å². The molecule has 2 N–H and O–H groups in total. The summed E-state index contributed by atoms with van der Waals surface area (Å²) in [6.45, 7) is 16.2. The Hall–Kier alpha value is -2.95. The first-order chi connectivity index (χ1) is 17.5. The number of carbonyl (C=O) groups excluding carboxylic acids is 4. The summed E-state index contributed by atoms with van der Waals surface area (Å²) >= 11 is 1.23. The van der Waals surface area contributed by atoms with Crippen LogP contribution >= 0.6 is 11.3 Å². The van der Waals surface area contributed by atoms with Crippen molar-refractivity contribution in [2.45, 2.75) is 111 Å². The second-order valence-corrected chi connectivity index (χ2v) is 12.1. The van der Waals surface area contributed by atoms with Crippen LogP contribution in [0.4, 0.5) is 4.79 Å². The van der Waals surface area contributed by atoms with Gasteiger partial charge < -0.3 is 24.8 Å². The summed E-state index contributed by atoms with van der Waals surface area (Å²) < 4.78 is 16.2. The Morgan fingerprint density at radius 1 is 1.05 bits per heavy atom. The van der Waals surface area contributed by atoms with Crippen molar-refractivity contribution in [3.63, 3.8) is 0 Å². The first-order valence-electron chi connectivity index (χ1n) is 12.8. The number of carbonyl (C=O) groups is 4. The molecule has 1 heterocycles. The van der Waals surface area contributed by atoms with Crippen molar-refractivity contribution in [2.75, 3.05) is 0 Å². The van der Waals surface area contributed by atoms with Gasteiger partial charge in [0.1, 0.15) is 28.4 Å². The standard InChI is InChI=1S/C27H43N3O7S/c1-10-11-12-13-18(35-24(33)22(17(2)3)30-25(34)37-27(7,8)9)14-20(31)28-15-21-29-19(16-38-21)23(32)36-26(4,5)6/h12-13,16-18,22H,10-11,14-15H2,1-9H3,(H,28,31)(H,30,34)/b13-12+/t18-,22+/m1/s1. The Labute approximate surface area is 229 Å². The van der Waals surface area contributed by atoms with Crippen LogP contribution in [0.5, 0.6) is 0 Å². The molecule has 11 heteroatoms. The summed E-state index contributed by atoms with van der Waals surface area (Å²) in [6, 6.07) is -0.948. The Balaban J connectivity index is 2.80. The van der Waals surface area contributed by atoms with Crippen LogP contribution in [0, 0.1) is 5.92 Å². The average molecular weight is 554 g/mol. The quantitative estimate of drug-likeness (QED) is 0.212. The average Bonchev–Trinajstić information content (AvgIpc) is 3.23. The van der Waals surface area contributed by atoms with Gasteiger partial charge in [-0.05, 0) is 60.0 Å². The van der Waals surface area contributed by atoms with Gasteiger partial charge in [-0.15, -0.1) is 11.3 Å². The van der Waals surface area contributed by atoms with Gasteiger partial charge in [0.05, 0.1) is 13.0 Å². The van der Waals surface area contributed by atoms with Crippen molar-refractivity contribution >= 4 is 35.3 Å². The van der Waals surface area contributed by atoms with Crippen molar-refractivity contribution in [2.24, 2.45) is 5.92 Å². The fraction of sp³-hybridized carbons (Fsp3) is 0.667. The first-order valence-corrected chi connectivity index (χ1v) is 13.7. The molecule has 2 atom stereocenters. The highest BCUT2D eigenvalue weighted by Crippen LogP contribution is 2.16. The molecule has 0 aliphatic rings. The van der Waals surface area contributed by atoms with Gasteiger partial charge in [0.15, 0.2) is 5.69 Å². The van der Waals surface area contributed by atoms with Crippen molar-refractivity contribution < 1.29 is 33.4 Å². The van der Waals surface area contributed by atoms with Crippen LogP contribution in [-0.4, -0.2) is 52.3 Å². The minimum absolute atomic E-state index is 0.112. The van der Waals surface area contributed by atoms with Gasteiger partial charge in [-0.2, -0.15) is 0 Å². The number of hydrogen-bond acceptors (Lipinski definition) is 9. The monoisotopic (exact) mass is 553 g/mol. The minimum atomic E-state index is -0.948. The van der Waals surface area contributed by atoms with Crippen molar-refractivity contribution in [3.8, 4) is 0 Å². The largest absolute Gasteiger partial charge is 0.456 e. The van der Waals surface area contributed by atoms with E-state index in [1.807, 2.05) is 13.0 Å². The van der Waals surface area contributed by atoms with Gasteiger partial charge in [-0.25, -0.2) is 19.4 Å². The maximum Gasteiger partial charge on any atom is 0.408 e. The van der Waals surface area contributed by atoms with E-state index in [1.165, 1.54) is 11.3 Å². The lowest BCUT2D eigenvalue weighted by atomic mass is 10.0. The van der Waals surface area contributed by atoms with E-state index in [4.69, 9.17) is 14.2 Å². The van der Waals surface area contributed by atoms with Crippen LogP contribution in [0.15, 0.2) is 17.5 Å². The lowest BCUT2D eigenvalue weighted by Crippen LogP contribution is -2.48. The molecule has 214 valence electrons. The Kier molecular flexibility index (Phi) is 12.9. The zero-order valence-corrected chi connectivity index (χ0v) is 24.8. The number of alkyl carbamates (subject to hydrolysis) is 1. The number of esters is 2. The van der Waals surface area contributed by atoms with Gasteiger partial charge in [-0.1, -0.05) is 33.3 Å². The molecule has 0 bridgehead atoms. The molecular formula is C27H43N3O7S. The predicted octanol–water partition coefficient (Wildman–Crippen LogP) is 4.92. The predicted molar refractivity (Wildman–Crippen MR) is 146 cm³/mol. The molecule has 0 aliphatic heterocycles. The molecule has 0 fully saturated rings. The van der Waals surface area contributed by atoms with Gasteiger partial charge >= 0.3 is 18.0 Å². The fourth-order valence-electron chi connectivity index (χ4n) is 2.96. The minimum Gasteiger partial charge on any atom is -0.456 e. The SMILES string of the molecule is CCC/C=C/[C@H](CC(=O)NCc1nc(C(=O)OC(C)(C)C)cs1)OC(=O)[C@@H](NC(=O)OC(C)(C)C)C(C)C. The molecule has 10 nitrogen and oxygen atoms in total. The smallest absolute Gasteiger partial charge is 0.408 e. The topological polar surface area (TPSA) is 133 Å². The molecule has 1 rings (SSSR count). The molecule has 0 aliphatic carbocycles. The number of allylic oxidation sites excluding steroid dienone is 1. The van der Waals surface area contributed by atoms with Gasteiger partial charge in [0.25, 0.3) is 0 Å². The highest BCUT2D eigenvalue weighted by Gasteiger charge is 2.30. The normalized spacial score (nSPS) is 13.6. The number of amides is 2. The lowest BCUT2D eigenvalue weighted by Gasteiger charge is -2.26. The summed E-state index contributed by atoms with van der Waals surface area (Å²) in [7, 11) is 0. The fourth-order valence-corrected chi connectivity index (χ4v) is 3.67. The van der Waals surface area contributed by atoms with Gasteiger partial charge in [0.2, 0.25) is 5.91 Å². The van der Waals surface area contributed by atoms with E-state index in [1.54, 1.807) is 66.8 Å². The number of nitrogens with zero attached hydrogens (tertiary/aromatic N) is 1. The van der Waals surface area contributed by atoms with Crippen LogP contribution in [0.2, 0.25) is 0 Å². The number of nitrogens with one attached hydrogen (secondary N) is 2. The molecular weight excluding hydrogens is 510 g/mol. The van der Waals surface area contributed by atoms with Crippen LogP contribution in [0.3, 0.4) is 0 Å². The summed E-state index contributed by atoms with van der Waals surface area (Å²) in [5.74, 6) is -1.82. The van der Waals surface area contributed by atoms with E-state index in [2.05, 4.69) is 15.6 Å².